The number of nitrogens with one attached hydrogen (secondary N) is 1. The van der Waals surface area contributed by atoms with Crippen LogP contribution in [0.2, 0.25) is 0 Å². The van der Waals surface area contributed by atoms with E-state index < -0.39 is 0 Å². The first-order valence-electron chi connectivity index (χ1n) is 10.6. The van der Waals surface area contributed by atoms with Crippen molar-refractivity contribution in [2.24, 2.45) is 0 Å². The lowest BCUT2D eigenvalue weighted by Gasteiger charge is -2.27. The van der Waals surface area contributed by atoms with E-state index in [1.807, 2.05) is 55.4 Å². The summed E-state index contributed by atoms with van der Waals surface area (Å²) in [5.41, 5.74) is 3.31. The van der Waals surface area contributed by atoms with Crippen LogP contribution >= 0.6 is 0 Å². The molecule has 160 valence electrons. The standard InChI is InChI=1S/C23H26N6O2/c1-16(2)29-15-19-20(22(29)30)25-23(28-10-12-31-13-11-28)26-21(19)24-17-6-5-7-18(14-17)27-8-3-4-9-27/h3-9,14,16H,10-13,15H2,1-2H3,(H,24,25,26). The number of carbonyl (C=O) groups excluding carboxylic acids is 1. The molecule has 31 heavy (non-hydrogen) atoms. The summed E-state index contributed by atoms with van der Waals surface area (Å²) < 4.78 is 7.52. The van der Waals surface area contributed by atoms with E-state index in [1.165, 1.54) is 0 Å². The molecule has 2 aliphatic rings. The minimum Gasteiger partial charge on any atom is -0.378 e. The lowest BCUT2D eigenvalue weighted by molar-refractivity contribution is 0.0726. The number of morpholine rings is 1. The van der Waals surface area contributed by atoms with Crippen LogP contribution in [0.3, 0.4) is 0 Å². The van der Waals surface area contributed by atoms with Crippen molar-refractivity contribution >= 4 is 23.4 Å². The summed E-state index contributed by atoms with van der Waals surface area (Å²) in [6, 6.07) is 12.2. The molecule has 4 heterocycles. The first-order chi connectivity index (χ1) is 15.1. The number of carbonyl (C=O) groups is 1. The van der Waals surface area contributed by atoms with E-state index in [1.54, 1.807) is 0 Å². The maximum absolute atomic E-state index is 13.0. The minimum absolute atomic E-state index is 0.0361. The molecule has 1 fully saturated rings. The number of benzene rings is 1. The average molecular weight is 419 g/mol. The van der Waals surface area contributed by atoms with Gasteiger partial charge in [-0.25, -0.2) is 4.98 Å². The van der Waals surface area contributed by atoms with E-state index in [0.29, 0.717) is 50.3 Å². The Bertz CT molecular complexity index is 1090. The van der Waals surface area contributed by atoms with Crippen molar-refractivity contribution in [2.45, 2.75) is 26.4 Å². The normalized spacial score (nSPS) is 16.2. The first-order valence-corrected chi connectivity index (χ1v) is 10.6. The fourth-order valence-electron chi connectivity index (χ4n) is 3.99. The maximum Gasteiger partial charge on any atom is 0.273 e. The number of hydrogen-bond acceptors (Lipinski definition) is 6. The highest BCUT2D eigenvalue weighted by molar-refractivity contribution is 5.98. The third-order valence-electron chi connectivity index (χ3n) is 5.72. The molecule has 0 aliphatic carbocycles. The summed E-state index contributed by atoms with van der Waals surface area (Å²) in [7, 11) is 0. The molecular formula is C23H26N6O2. The van der Waals surface area contributed by atoms with Gasteiger partial charge in [-0.15, -0.1) is 0 Å². The smallest absolute Gasteiger partial charge is 0.273 e. The quantitative estimate of drug-likeness (QED) is 0.686. The van der Waals surface area contributed by atoms with Gasteiger partial charge in [0.1, 0.15) is 11.5 Å². The number of rotatable bonds is 5. The Balaban J connectivity index is 1.53. The molecular weight excluding hydrogens is 392 g/mol. The predicted molar refractivity (Wildman–Crippen MR) is 119 cm³/mol. The van der Waals surface area contributed by atoms with Gasteiger partial charge in [-0.2, -0.15) is 4.98 Å². The molecule has 8 heteroatoms. The highest BCUT2D eigenvalue weighted by atomic mass is 16.5. The van der Waals surface area contributed by atoms with Crippen LogP contribution < -0.4 is 10.2 Å². The van der Waals surface area contributed by atoms with Crippen LogP contribution in [-0.4, -0.2) is 57.7 Å². The molecule has 2 aliphatic heterocycles. The fraction of sp³-hybridized carbons (Fsp3) is 0.348. The Morgan fingerprint density at radius 3 is 2.58 bits per heavy atom. The molecule has 8 nitrogen and oxygen atoms in total. The van der Waals surface area contributed by atoms with Crippen molar-refractivity contribution in [3.63, 3.8) is 0 Å². The molecule has 0 spiro atoms. The molecule has 3 aromatic rings. The monoisotopic (exact) mass is 418 g/mol. The summed E-state index contributed by atoms with van der Waals surface area (Å²) in [5.74, 6) is 1.23. The zero-order valence-corrected chi connectivity index (χ0v) is 17.8. The second-order valence-corrected chi connectivity index (χ2v) is 8.09. The third-order valence-corrected chi connectivity index (χ3v) is 5.72. The number of amides is 1. The third kappa shape index (κ3) is 3.74. The molecule has 0 radical (unpaired) electrons. The summed E-state index contributed by atoms with van der Waals surface area (Å²) in [4.78, 5) is 26.5. The molecule has 1 saturated heterocycles. The number of aromatic nitrogens is 3. The fourth-order valence-corrected chi connectivity index (χ4v) is 3.99. The van der Waals surface area contributed by atoms with Crippen molar-refractivity contribution in [2.75, 3.05) is 36.5 Å². The van der Waals surface area contributed by atoms with Gasteiger partial charge < -0.3 is 24.4 Å². The lowest BCUT2D eigenvalue weighted by atomic mass is 10.2. The number of fused-ring (bicyclic) bond motifs is 1. The molecule has 1 amide bonds. The summed E-state index contributed by atoms with van der Waals surface area (Å²) in [6.45, 7) is 7.24. The van der Waals surface area contributed by atoms with Crippen LogP contribution in [0.1, 0.15) is 29.9 Å². The average Bonchev–Trinajstić information content (AvgIpc) is 3.44. The lowest BCUT2D eigenvalue weighted by Crippen LogP contribution is -2.37. The van der Waals surface area contributed by atoms with E-state index in [4.69, 9.17) is 9.72 Å². The first kappa shape index (κ1) is 19.6. The van der Waals surface area contributed by atoms with Gasteiger partial charge in [0.2, 0.25) is 5.95 Å². The molecule has 2 aromatic heterocycles. The Kier molecular flexibility index (Phi) is 5.07. The summed E-state index contributed by atoms with van der Waals surface area (Å²) >= 11 is 0. The highest BCUT2D eigenvalue weighted by Gasteiger charge is 2.35. The van der Waals surface area contributed by atoms with Crippen LogP contribution in [0.4, 0.5) is 17.5 Å². The molecule has 5 rings (SSSR count). The highest BCUT2D eigenvalue weighted by Crippen LogP contribution is 2.32. The Labute approximate surface area is 181 Å². The number of anilines is 3. The van der Waals surface area contributed by atoms with Crippen LogP contribution in [-0.2, 0) is 11.3 Å². The van der Waals surface area contributed by atoms with Gasteiger partial charge in [-0.05, 0) is 44.2 Å². The van der Waals surface area contributed by atoms with Gasteiger partial charge in [0, 0.05) is 48.5 Å². The van der Waals surface area contributed by atoms with Gasteiger partial charge in [-0.1, -0.05) is 6.07 Å². The number of hydrogen-bond donors (Lipinski definition) is 1. The van der Waals surface area contributed by atoms with E-state index in [0.717, 1.165) is 16.9 Å². The van der Waals surface area contributed by atoms with Gasteiger partial charge in [0.25, 0.3) is 5.91 Å². The van der Waals surface area contributed by atoms with Crippen LogP contribution in [0, 0.1) is 0 Å². The van der Waals surface area contributed by atoms with Gasteiger partial charge in [0.15, 0.2) is 0 Å². The van der Waals surface area contributed by atoms with Crippen LogP contribution in [0.5, 0.6) is 0 Å². The maximum atomic E-state index is 13.0. The van der Waals surface area contributed by atoms with Gasteiger partial charge >= 0.3 is 0 Å². The van der Waals surface area contributed by atoms with Crippen molar-refractivity contribution in [1.29, 1.82) is 0 Å². The van der Waals surface area contributed by atoms with Crippen LogP contribution in [0.15, 0.2) is 48.8 Å². The van der Waals surface area contributed by atoms with Gasteiger partial charge in [-0.3, -0.25) is 4.79 Å². The summed E-state index contributed by atoms with van der Waals surface area (Å²) in [6.07, 6.45) is 4.02. The predicted octanol–water partition coefficient (Wildman–Crippen LogP) is 3.21. The molecule has 0 saturated carbocycles. The van der Waals surface area contributed by atoms with E-state index in [2.05, 4.69) is 31.9 Å². The molecule has 0 bridgehead atoms. The van der Waals surface area contributed by atoms with E-state index in [9.17, 15) is 4.79 Å². The van der Waals surface area contributed by atoms with E-state index >= 15 is 0 Å². The molecule has 1 N–H and O–H groups in total. The Morgan fingerprint density at radius 2 is 1.84 bits per heavy atom. The molecule has 1 aromatic carbocycles. The summed E-state index contributed by atoms with van der Waals surface area (Å²) in [5, 5.41) is 3.46. The minimum atomic E-state index is -0.0361. The van der Waals surface area contributed by atoms with Crippen molar-refractivity contribution in [3.8, 4) is 5.69 Å². The zero-order valence-electron chi connectivity index (χ0n) is 17.8. The van der Waals surface area contributed by atoms with Crippen LogP contribution in [0.25, 0.3) is 5.69 Å². The number of nitrogens with zero attached hydrogens (tertiary/aromatic N) is 5. The van der Waals surface area contributed by atoms with Crippen molar-refractivity contribution < 1.29 is 9.53 Å². The zero-order chi connectivity index (χ0) is 21.4. The van der Waals surface area contributed by atoms with E-state index in [-0.39, 0.29) is 11.9 Å². The second-order valence-electron chi connectivity index (χ2n) is 8.09. The largest absolute Gasteiger partial charge is 0.378 e. The van der Waals surface area contributed by atoms with Crippen molar-refractivity contribution in [3.05, 3.63) is 60.0 Å². The number of ether oxygens (including phenoxy) is 1. The van der Waals surface area contributed by atoms with Gasteiger partial charge in [0.05, 0.1) is 19.8 Å². The molecule has 0 unspecified atom stereocenters. The molecule has 0 atom stereocenters. The topological polar surface area (TPSA) is 75.5 Å². The Morgan fingerprint density at radius 1 is 1.06 bits per heavy atom. The Hall–Kier alpha value is -3.39. The second kappa shape index (κ2) is 8.03. The SMILES string of the molecule is CC(C)N1Cc2c(Nc3cccc(-n4cccc4)c3)nc(N3CCOCC3)nc2C1=O. The van der Waals surface area contributed by atoms with Crippen molar-refractivity contribution in [1.82, 2.24) is 19.4 Å².